The third kappa shape index (κ3) is 7.12. The van der Waals surface area contributed by atoms with Gasteiger partial charge in [0.15, 0.2) is 45.7 Å². The molecular weight excluding hydrogens is 899 g/mol. The highest BCUT2D eigenvalue weighted by Gasteiger charge is 2.53. The standard InChI is InChI=1S/C67H46NO5/c69-67(70,71)51-42-43-55-66(73-58-37-21-18-34-54(58)68(55)52-32-16-19-35-56(52)72-57-36-20-17-33-53(57)68)59(51)49-38-40-50(41-39-49)65-63(47-28-12-4-13-29-47)61(45-24-8-2-9-25-45)60(44-22-6-1-7-23-44)62(46-26-10-3-11-27-46)64(65)48-30-14-5-15-31-48/h1-43,69-71H/q+1. The van der Waals surface area contributed by atoms with Crippen LogP contribution in [0.1, 0.15) is 5.56 Å². The van der Waals surface area contributed by atoms with Crippen LogP contribution in [0.3, 0.4) is 0 Å². The Hall–Kier alpha value is -9.14. The van der Waals surface area contributed by atoms with Crippen molar-refractivity contribution in [2.24, 2.45) is 0 Å². The van der Waals surface area contributed by atoms with Crippen molar-refractivity contribution in [1.29, 1.82) is 0 Å². The zero-order valence-electron chi connectivity index (χ0n) is 39.4. The highest BCUT2D eigenvalue weighted by atomic mass is 16.7. The number of hydrogen-bond donors (Lipinski definition) is 3. The van der Waals surface area contributed by atoms with E-state index in [-0.39, 0.29) is 10.0 Å². The Labute approximate surface area is 423 Å². The zero-order chi connectivity index (χ0) is 49.1. The third-order valence-corrected chi connectivity index (χ3v) is 14.2. The molecule has 11 aromatic carbocycles. The van der Waals surface area contributed by atoms with E-state index >= 15 is 0 Å². The third-order valence-electron chi connectivity index (χ3n) is 14.2. The lowest BCUT2D eigenvalue weighted by Gasteiger charge is -2.44. The molecule has 13 rings (SSSR count). The summed E-state index contributed by atoms with van der Waals surface area (Å²) in [6, 6.07) is 88.6. The predicted molar refractivity (Wildman–Crippen MR) is 293 cm³/mol. The molecule has 6 nitrogen and oxygen atoms in total. The van der Waals surface area contributed by atoms with Gasteiger partial charge in [-0.15, -0.1) is 0 Å². The largest absolute Gasteiger partial charge is 0.445 e. The smallest absolute Gasteiger partial charge is 0.305 e. The van der Waals surface area contributed by atoms with Gasteiger partial charge < -0.3 is 24.8 Å². The lowest BCUT2D eigenvalue weighted by atomic mass is 9.74. The van der Waals surface area contributed by atoms with E-state index in [0.29, 0.717) is 39.8 Å². The molecular formula is C67H46NO5+. The van der Waals surface area contributed by atoms with Gasteiger partial charge in [0.25, 0.3) is 0 Å². The molecule has 0 atom stereocenters. The van der Waals surface area contributed by atoms with E-state index in [1.54, 1.807) is 6.07 Å². The fourth-order valence-electron chi connectivity index (χ4n) is 11.3. The first-order valence-corrected chi connectivity index (χ1v) is 24.4. The lowest BCUT2D eigenvalue weighted by Crippen LogP contribution is -2.38. The Balaban J connectivity index is 1.13. The molecule has 73 heavy (non-hydrogen) atoms. The first kappa shape index (κ1) is 43.8. The average molecular weight is 945 g/mol. The van der Waals surface area contributed by atoms with E-state index in [4.69, 9.17) is 9.47 Å². The molecule has 2 aliphatic heterocycles. The van der Waals surface area contributed by atoms with Crippen molar-refractivity contribution in [1.82, 2.24) is 4.48 Å². The van der Waals surface area contributed by atoms with Gasteiger partial charge in [-0.2, -0.15) is 4.48 Å². The Bertz CT molecular complexity index is 3690. The Morgan fingerprint density at radius 1 is 0.247 bits per heavy atom. The maximum absolute atomic E-state index is 11.3. The van der Waals surface area contributed by atoms with Gasteiger partial charge in [-0.1, -0.05) is 212 Å². The van der Waals surface area contributed by atoms with Crippen molar-refractivity contribution in [2.45, 2.75) is 5.97 Å². The minimum absolute atomic E-state index is 0.0810. The number of nitrogens with zero attached hydrogens (tertiary/aromatic N) is 1. The maximum Gasteiger partial charge on any atom is 0.305 e. The fraction of sp³-hybridized carbons (Fsp3) is 0.0149. The van der Waals surface area contributed by atoms with Gasteiger partial charge in [0, 0.05) is 29.8 Å². The van der Waals surface area contributed by atoms with Gasteiger partial charge in [0.2, 0.25) is 0 Å². The Morgan fingerprint density at radius 2 is 0.521 bits per heavy atom. The van der Waals surface area contributed by atoms with Gasteiger partial charge in [0.1, 0.15) is 0 Å². The van der Waals surface area contributed by atoms with Crippen LogP contribution in [0.15, 0.2) is 261 Å². The first-order valence-electron chi connectivity index (χ1n) is 24.4. The molecule has 0 fully saturated rings. The van der Waals surface area contributed by atoms with Gasteiger partial charge in [0.05, 0.1) is 5.56 Å². The van der Waals surface area contributed by atoms with Crippen LogP contribution in [0.5, 0.6) is 23.0 Å². The molecule has 0 aliphatic carbocycles. The van der Waals surface area contributed by atoms with Crippen molar-refractivity contribution in [3.63, 3.8) is 0 Å². The van der Waals surface area contributed by atoms with Crippen LogP contribution >= 0.6 is 0 Å². The summed E-state index contributed by atoms with van der Waals surface area (Å²) >= 11 is 0. The van der Waals surface area contributed by atoms with Crippen LogP contribution in [0.4, 0.5) is 22.7 Å². The molecule has 0 saturated carbocycles. The van der Waals surface area contributed by atoms with Crippen molar-refractivity contribution >= 4 is 22.7 Å². The van der Waals surface area contributed by atoms with Gasteiger partial charge in [-0.25, -0.2) is 0 Å². The summed E-state index contributed by atoms with van der Waals surface area (Å²) < 4.78 is 13.7. The monoisotopic (exact) mass is 944 g/mol. The average Bonchev–Trinajstić information content (AvgIpc) is 3.45. The summed E-state index contributed by atoms with van der Waals surface area (Å²) in [5.74, 6) is -0.969. The van der Waals surface area contributed by atoms with E-state index in [0.717, 1.165) is 83.8 Å². The first-order chi connectivity index (χ1) is 35.9. The molecule has 3 N–H and O–H groups in total. The number of para-hydroxylation sites is 6. The molecule has 0 amide bonds. The maximum atomic E-state index is 11.3. The summed E-state index contributed by atoms with van der Waals surface area (Å²) in [6.07, 6.45) is 0. The number of ether oxygens (including phenoxy) is 2. The molecule has 2 aliphatic rings. The van der Waals surface area contributed by atoms with Crippen molar-refractivity contribution < 1.29 is 24.8 Å². The van der Waals surface area contributed by atoms with E-state index in [1.165, 1.54) is 0 Å². The van der Waals surface area contributed by atoms with Crippen molar-refractivity contribution in [3.05, 3.63) is 266 Å². The van der Waals surface area contributed by atoms with Crippen molar-refractivity contribution in [2.75, 3.05) is 0 Å². The summed E-state index contributed by atoms with van der Waals surface area (Å²) in [4.78, 5) is 0. The molecule has 0 saturated heterocycles. The molecule has 0 unspecified atom stereocenters. The van der Waals surface area contributed by atoms with E-state index < -0.39 is 5.97 Å². The van der Waals surface area contributed by atoms with Gasteiger partial charge in [-0.3, -0.25) is 0 Å². The van der Waals surface area contributed by atoms with Crippen LogP contribution < -0.4 is 14.0 Å². The predicted octanol–water partition coefficient (Wildman–Crippen LogP) is 17.0. The molecule has 0 bridgehead atoms. The van der Waals surface area contributed by atoms with Crippen LogP contribution in [-0.4, -0.2) is 15.3 Å². The van der Waals surface area contributed by atoms with Crippen LogP contribution in [-0.2, 0) is 5.97 Å². The highest BCUT2D eigenvalue weighted by Crippen LogP contribution is 2.68. The molecule has 2 heterocycles. The molecule has 1 spiro atoms. The Kier molecular flexibility index (Phi) is 10.6. The number of rotatable bonds is 8. The number of hydrogen-bond acceptors (Lipinski definition) is 5. The molecule has 6 heteroatoms. The van der Waals surface area contributed by atoms with Crippen LogP contribution in [0.25, 0.3) is 77.9 Å². The van der Waals surface area contributed by atoms with E-state index in [2.05, 4.69) is 182 Å². The summed E-state index contributed by atoms with van der Waals surface area (Å²) in [5.41, 5.74) is 16.7. The molecule has 0 radical (unpaired) electrons. The van der Waals surface area contributed by atoms with Crippen LogP contribution in [0.2, 0.25) is 0 Å². The SMILES string of the molecule is OC(O)(O)c1ccc2c(c1-c1ccc(-c3c(-c4ccccc4)c(-c4ccccc4)c(-c4ccccc4)c(-c4ccccc4)c3-c3ccccc3)cc1)Oc1ccccc1[N+]21c2ccccc2Oc2ccccc21. The number of aliphatic hydroxyl groups is 3. The van der Waals surface area contributed by atoms with E-state index in [9.17, 15) is 15.3 Å². The highest BCUT2D eigenvalue weighted by molar-refractivity contribution is 6.15. The summed E-state index contributed by atoms with van der Waals surface area (Å²) in [6.45, 7) is 0. The quantitative estimate of drug-likeness (QED) is 0.104. The van der Waals surface area contributed by atoms with Gasteiger partial charge >= 0.3 is 5.97 Å². The van der Waals surface area contributed by atoms with Crippen molar-refractivity contribution in [3.8, 4) is 101 Å². The summed E-state index contributed by atoms with van der Waals surface area (Å²) in [7, 11) is 0. The number of quaternary nitrogens is 1. The fourth-order valence-corrected chi connectivity index (χ4v) is 11.3. The molecule has 0 aromatic heterocycles. The van der Waals surface area contributed by atoms with Gasteiger partial charge in [-0.05, 0) is 96.6 Å². The lowest BCUT2D eigenvalue weighted by molar-refractivity contribution is -0.323. The zero-order valence-corrected chi connectivity index (χ0v) is 39.4. The molecule has 11 aromatic rings. The number of benzene rings is 11. The Morgan fingerprint density at radius 3 is 0.849 bits per heavy atom. The second kappa shape index (κ2) is 17.6. The molecule has 348 valence electrons. The van der Waals surface area contributed by atoms with E-state index in [1.807, 2.05) is 72.8 Å². The minimum atomic E-state index is -3.24. The second-order valence-corrected chi connectivity index (χ2v) is 18.4. The minimum Gasteiger partial charge on any atom is -0.445 e. The van der Waals surface area contributed by atoms with Crippen LogP contribution in [0, 0.1) is 0 Å². The number of fused-ring (bicyclic) bond motifs is 8. The second-order valence-electron chi connectivity index (χ2n) is 18.4. The summed E-state index contributed by atoms with van der Waals surface area (Å²) in [5, 5.41) is 34.0. The normalized spacial score (nSPS) is 12.9. The topological polar surface area (TPSA) is 79.2 Å².